The van der Waals surface area contributed by atoms with Gasteiger partial charge in [-0.3, -0.25) is 9.59 Å². The van der Waals surface area contributed by atoms with Crippen molar-refractivity contribution in [3.8, 4) is 5.75 Å². The molecular weight excluding hydrogens is 268 g/mol. The van der Waals surface area contributed by atoms with Crippen molar-refractivity contribution in [2.24, 2.45) is 0 Å². The summed E-state index contributed by atoms with van der Waals surface area (Å²) in [6, 6.07) is 5.38. The number of hydrogen-bond acceptors (Lipinski definition) is 4. The van der Waals surface area contributed by atoms with Gasteiger partial charge in [-0.15, -0.1) is 0 Å². The number of amides is 1. The van der Waals surface area contributed by atoms with Gasteiger partial charge in [0.25, 0.3) is 0 Å². The minimum absolute atomic E-state index is 0.0178. The highest BCUT2D eigenvalue weighted by Crippen LogP contribution is 2.21. The number of ether oxygens (including phenoxy) is 1. The molecule has 1 aliphatic heterocycles. The third-order valence-corrected chi connectivity index (χ3v) is 3.70. The molecule has 1 aromatic rings. The Morgan fingerprint density at radius 3 is 2.86 bits per heavy atom. The fourth-order valence-electron chi connectivity index (χ4n) is 2.56. The Kier molecular flexibility index (Phi) is 5.33. The SMILES string of the molecule is COc1ccc(C(C)=O)cc1CC(=O)N[C@H]1CCCNC1. The van der Waals surface area contributed by atoms with E-state index in [1.165, 1.54) is 6.92 Å². The molecule has 2 N–H and O–H groups in total. The van der Waals surface area contributed by atoms with Gasteiger partial charge >= 0.3 is 0 Å². The molecule has 1 aliphatic rings. The number of benzene rings is 1. The van der Waals surface area contributed by atoms with Crippen LogP contribution in [0.2, 0.25) is 0 Å². The maximum atomic E-state index is 12.2. The van der Waals surface area contributed by atoms with E-state index in [0.717, 1.165) is 31.5 Å². The summed E-state index contributed by atoms with van der Waals surface area (Å²) in [4.78, 5) is 23.6. The number of piperidine rings is 1. The second-order valence-corrected chi connectivity index (χ2v) is 5.37. The van der Waals surface area contributed by atoms with E-state index < -0.39 is 0 Å². The zero-order valence-electron chi connectivity index (χ0n) is 12.6. The van der Waals surface area contributed by atoms with Crippen molar-refractivity contribution in [2.45, 2.75) is 32.2 Å². The second kappa shape index (κ2) is 7.22. The molecule has 2 rings (SSSR count). The number of hydrogen-bond donors (Lipinski definition) is 2. The minimum Gasteiger partial charge on any atom is -0.496 e. The van der Waals surface area contributed by atoms with E-state index in [-0.39, 0.29) is 24.2 Å². The van der Waals surface area contributed by atoms with Crippen LogP contribution in [0.3, 0.4) is 0 Å². The van der Waals surface area contributed by atoms with E-state index in [2.05, 4.69) is 10.6 Å². The fourth-order valence-corrected chi connectivity index (χ4v) is 2.56. The van der Waals surface area contributed by atoms with Gasteiger partial charge in [-0.1, -0.05) is 0 Å². The molecule has 1 amide bonds. The standard InChI is InChI=1S/C16H22N2O3/c1-11(19)12-5-6-15(21-2)13(8-12)9-16(20)18-14-4-3-7-17-10-14/h5-6,8,14,17H,3-4,7,9-10H2,1-2H3,(H,18,20)/t14-/m0/s1. The molecule has 1 aromatic carbocycles. The quantitative estimate of drug-likeness (QED) is 0.802. The average molecular weight is 290 g/mol. The maximum Gasteiger partial charge on any atom is 0.224 e. The van der Waals surface area contributed by atoms with Crippen LogP contribution in [-0.4, -0.2) is 37.9 Å². The predicted molar refractivity (Wildman–Crippen MR) is 80.7 cm³/mol. The first-order valence-corrected chi connectivity index (χ1v) is 7.28. The largest absolute Gasteiger partial charge is 0.496 e. The van der Waals surface area contributed by atoms with Gasteiger partial charge in [0.05, 0.1) is 13.5 Å². The molecule has 0 aliphatic carbocycles. The van der Waals surface area contributed by atoms with Crippen molar-refractivity contribution in [3.05, 3.63) is 29.3 Å². The van der Waals surface area contributed by atoms with Crippen LogP contribution in [-0.2, 0) is 11.2 Å². The molecule has 5 heteroatoms. The lowest BCUT2D eigenvalue weighted by Gasteiger charge is -2.24. The zero-order valence-corrected chi connectivity index (χ0v) is 12.6. The number of Topliss-reactive ketones (excluding diaryl/α,β-unsaturated/α-hetero) is 1. The van der Waals surface area contributed by atoms with Crippen LogP contribution in [0.4, 0.5) is 0 Å². The lowest BCUT2D eigenvalue weighted by Crippen LogP contribution is -2.46. The normalized spacial score (nSPS) is 18.1. The van der Waals surface area contributed by atoms with E-state index in [1.54, 1.807) is 25.3 Å². The van der Waals surface area contributed by atoms with Crippen LogP contribution in [0.5, 0.6) is 5.75 Å². The first kappa shape index (κ1) is 15.5. The Labute approximate surface area is 125 Å². The summed E-state index contributed by atoms with van der Waals surface area (Å²) in [6.07, 6.45) is 2.30. The molecule has 0 saturated carbocycles. The number of nitrogens with one attached hydrogen (secondary N) is 2. The van der Waals surface area contributed by atoms with Crippen molar-refractivity contribution < 1.29 is 14.3 Å². The number of carbonyl (C=O) groups is 2. The van der Waals surface area contributed by atoms with E-state index in [4.69, 9.17) is 4.74 Å². The van der Waals surface area contributed by atoms with Crippen LogP contribution in [0.1, 0.15) is 35.7 Å². The number of rotatable bonds is 5. The molecular formula is C16H22N2O3. The molecule has 1 heterocycles. The van der Waals surface area contributed by atoms with Gasteiger partial charge in [0.15, 0.2) is 5.78 Å². The van der Waals surface area contributed by atoms with Crippen molar-refractivity contribution >= 4 is 11.7 Å². The number of methoxy groups -OCH3 is 1. The summed E-state index contributed by atoms with van der Waals surface area (Å²) >= 11 is 0. The van der Waals surface area contributed by atoms with Gasteiger partial charge in [0.2, 0.25) is 5.91 Å². The summed E-state index contributed by atoms with van der Waals surface area (Å²) in [7, 11) is 1.56. The summed E-state index contributed by atoms with van der Waals surface area (Å²) < 4.78 is 5.27. The number of ketones is 1. The Morgan fingerprint density at radius 2 is 2.24 bits per heavy atom. The Morgan fingerprint density at radius 1 is 1.43 bits per heavy atom. The molecule has 1 saturated heterocycles. The Hall–Kier alpha value is -1.88. The highest BCUT2D eigenvalue weighted by atomic mass is 16.5. The van der Waals surface area contributed by atoms with Crippen molar-refractivity contribution in [2.75, 3.05) is 20.2 Å². The smallest absolute Gasteiger partial charge is 0.224 e. The average Bonchev–Trinajstić information content (AvgIpc) is 2.48. The molecule has 5 nitrogen and oxygen atoms in total. The summed E-state index contributed by atoms with van der Waals surface area (Å²) in [6.45, 7) is 3.34. The second-order valence-electron chi connectivity index (χ2n) is 5.37. The molecule has 1 fully saturated rings. The van der Waals surface area contributed by atoms with Gasteiger partial charge in [-0.05, 0) is 44.5 Å². The lowest BCUT2D eigenvalue weighted by molar-refractivity contribution is -0.121. The molecule has 0 radical (unpaired) electrons. The van der Waals surface area contributed by atoms with Gasteiger partial charge in [0, 0.05) is 23.7 Å². The molecule has 114 valence electrons. The third kappa shape index (κ3) is 4.29. The topological polar surface area (TPSA) is 67.4 Å². The van der Waals surface area contributed by atoms with E-state index in [0.29, 0.717) is 11.3 Å². The summed E-state index contributed by atoms with van der Waals surface area (Å²) in [5.74, 6) is 0.579. The molecule has 21 heavy (non-hydrogen) atoms. The van der Waals surface area contributed by atoms with Gasteiger partial charge < -0.3 is 15.4 Å². The zero-order chi connectivity index (χ0) is 15.2. The van der Waals surface area contributed by atoms with Gasteiger partial charge in [-0.2, -0.15) is 0 Å². The van der Waals surface area contributed by atoms with Crippen molar-refractivity contribution in [1.82, 2.24) is 10.6 Å². The fraction of sp³-hybridized carbons (Fsp3) is 0.500. The van der Waals surface area contributed by atoms with Crippen molar-refractivity contribution in [1.29, 1.82) is 0 Å². The minimum atomic E-state index is -0.0392. The highest BCUT2D eigenvalue weighted by Gasteiger charge is 2.17. The van der Waals surface area contributed by atoms with Crippen LogP contribution in [0.25, 0.3) is 0 Å². The van der Waals surface area contributed by atoms with Gasteiger partial charge in [-0.25, -0.2) is 0 Å². The first-order valence-electron chi connectivity index (χ1n) is 7.28. The van der Waals surface area contributed by atoms with E-state index in [9.17, 15) is 9.59 Å². The molecule has 0 unspecified atom stereocenters. The lowest BCUT2D eigenvalue weighted by atomic mass is 10.0. The number of carbonyl (C=O) groups excluding carboxylic acids is 2. The first-order chi connectivity index (χ1) is 10.1. The highest BCUT2D eigenvalue weighted by molar-refractivity contribution is 5.94. The van der Waals surface area contributed by atoms with Crippen LogP contribution >= 0.6 is 0 Å². The Bertz CT molecular complexity index is 522. The molecule has 0 aromatic heterocycles. The summed E-state index contributed by atoms with van der Waals surface area (Å²) in [5, 5.41) is 6.29. The van der Waals surface area contributed by atoms with E-state index in [1.807, 2.05) is 0 Å². The van der Waals surface area contributed by atoms with Crippen LogP contribution in [0.15, 0.2) is 18.2 Å². The maximum absolute atomic E-state index is 12.2. The molecule has 0 bridgehead atoms. The molecule has 0 spiro atoms. The van der Waals surface area contributed by atoms with Gasteiger partial charge in [0.1, 0.15) is 5.75 Å². The van der Waals surface area contributed by atoms with Crippen molar-refractivity contribution in [3.63, 3.8) is 0 Å². The van der Waals surface area contributed by atoms with E-state index >= 15 is 0 Å². The summed E-state index contributed by atoms with van der Waals surface area (Å²) in [5.41, 5.74) is 1.34. The monoisotopic (exact) mass is 290 g/mol. The third-order valence-electron chi connectivity index (χ3n) is 3.70. The van der Waals surface area contributed by atoms with Crippen LogP contribution < -0.4 is 15.4 Å². The van der Waals surface area contributed by atoms with Crippen LogP contribution in [0, 0.1) is 0 Å². The molecule has 1 atom stereocenters. The predicted octanol–water partition coefficient (Wildman–Crippen LogP) is 1.31. The Balaban J connectivity index is 2.04.